The van der Waals surface area contributed by atoms with E-state index in [2.05, 4.69) is 362 Å². The third-order valence-electron chi connectivity index (χ3n) is 22.3. The summed E-state index contributed by atoms with van der Waals surface area (Å²) in [7, 11) is 0. The molecule has 0 spiro atoms. The summed E-state index contributed by atoms with van der Waals surface area (Å²) in [6, 6.07) is 105. The van der Waals surface area contributed by atoms with Gasteiger partial charge in [0.25, 0.3) is 0 Å². The van der Waals surface area contributed by atoms with Crippen molar-refractivity contribution in [2.75, 3.05) is 0 Å². The maximum Gasteiger partial charge on any atom is 0.165 e. The van der Waals surface area contributed by atoms with Gasteiger partial charge in [-0.05, 0) is 206 Å². The number of para-hydroxylation sites is 4. The van der Waals surface area contributed by atoms with Crippen molar-refractivity contribution in [2.24, 2.45) is 0 Å². The Kier molecular flexibility index (Phi) is 12.8. The molecule has 0 saturated heterocycles. The lowest BCUT2D eigenvalue weighted by molar-refractivity contribution is 0.960. The number of hydrogen-bond acceptors (Lipinski definition) is 2. The van der Waals surface area contributed by atoms with E-state index in [1.807, 2.05) is 0 Å². The van der Waals surface area contributed by atoms with E-state index < -0.39 is 0 Å². The van der Waals surface area contributed by atoms with Crippen molar-refractivity contribution in [2.45, 2.75) is 55.4 Å². The summed E-state index contributed by atoms with van der Waals surface area (Å²) in [4.78, 5) is 12.0. The number of hydrogen-bond donors (Lipinski definition) is 0. The average molecular weight is 1340 g/mol. The topological polar surface area (TPSA) is 55.4 Å². The molecule has 8 heteroatoms. The van der Waals surface area contributed by atoms with Crippen molar-refractivity contribution < 1.29 is 0 Å². The maximum atomic E-state index is 6.76. The zero-order valence-corrected chi connectivity index (χ0v) is 59.1. The summed E-state index contributed by atoms with van der Waals surface area (Å²) >= 11 is 0. The van der Waals surface area contributed by atoms with Gasteiger partial charge in [0.05, 0.1) is 66.2 Å². The third-order valence-corrected chi connectivity index (χ3v) is 22.3. The minimum absolute atomic E-state index is 0.776. The lowest BCUT2D eigenvalue weighted by atomic mass is 9.91. The molecule has 0 N–H and O–H groups in total. The minimum atomic E-state index is 0.776. The molecule has 21 rings (SSSR count). The highest BCUT2D eigenvalue weighted by Crippen LogP contribution is 2.52. The number of aryl methyl sites for hydroxylation is 8. The number of fused-ring (bicyclic) bond motifs is 18. The molecule has 0 aliphatic rings. The second-order valence-corrected chi connectivity index (χ2v) is 29.1. The number of aromatic nitrogens is 8. The van der Waals surface area contributed by atoms with Crippen LogP contribution in [0.3, 0.4) is 0 Å². The van der Waals surface area contributed by atoms with E-state index in [-0.39, 0.29) is 0 Å². The first-order valence-electron chi connectivity index (χ1n) is 36.1. The molecular formula is C96H70N8. The summed E-state index contributed by atoms with van der Waals surface area (Å²) in [5.41, 5.74) is 30.3. The van der Waals surface area contributed by atoms with Crippen LogP contribution in [0.25, 0.3) is 187 Å². The second kappa shape index (κ2) is 22.2. The van der Waals surface area contributed by atoms with Gasteiger partial charge < -0.3 is 18.3 Å². The van der Waals surface area contributed by atoms with Crippen LogP contribution in [-0.2, 0) is 0 Å². The standard InChI is InChI=1S/C96H70N8/c1-55-29-39-84-72(47-55)73-48-56(2)30-40-85(73)101(84)93-92(71-24-10-9-19-66(71)65-38-35-61(7)97-62(65)8)94(96(104-90-43-33-59(5)51-76(90)77-52-60(6)34-44-91(77)104)98-95(93)103-88-41-31-57(3)49-74(88)75-50-58(4)32-42-89(75)103)102-86-45-36-63(99-80-25-15-11-20-67(80)68-21-12-16-26-81(68)99)53-78(86)79-54-64(37-46-87(79)102)100-82-27-17-13-22-69(82)70-23-14-18-28-83(70)100/h9-54H,1-8H3. The Hall–Kier alpha value is -13.0. The van der Waals surface area contributed by atoms with Crippen LogP contribution in [0.1, 0.15) is 44.8 Å². The molecule has 494 valence electrons. The van der Waals surface area contributed by atoms with E-state index in [0.29, 0.717) is 0 Å². The Labute approximate surface area is 600 Å². The van der Waals surface area contributed by atoms with Crippen molar-refractivity contribution in [3.63, 3.8) is 0 Å². The van der Waals surface area contributed by atoms with Crippen molar-refractivity contribution in [1.29, 1.82) is 0 Å². The average Bonchev–Trinajstić information content (AvgIpc) is 1.46. The summed E-state index contributed by atoms with van der Waals surface area (Å²) in [6.07, 6.45) is 0. The SMILES string of the molecule is Cc1ccc2c(c1)c1cc(C)ccc1n2-c1nc(-n2c3ccc(C)cc3c3cc(C)ccc32)c(-n2c3ccc(-n4c5ccccc5c5ccccc54)cc3c3cc(-n4c5ccccc5c5ccccc54)ccc32)c(-c2ccccc2-c2ccc(C)nc2C)c1-n1c2ccc(C)cc2c2cc(C)ccc21. The van der Waals surface area contributed by atoms with E-state index in [1.165, 1.54) is 76.5 Å². The van der Waals surface area contributed by atoms with E-state index in [9.17, 15) is 0 Å². The van der Waals surface area contributed by atoms with Crippen LogP contribution in [0.5, 0.6) is 0 Å². The van der Waals surface area contributed by atoms with Gasteiger partial charge in [-0.15, -0.1) is 0 Å². The zero-order valence-electron chi connectivity index (χ0n) is 59.1. The van der Waals surface area contributed by atoms with Gasteiger partial charge >= 0.3 is 0 Å². The van der Waals surface area contributed by atoms with Gasteiger partial charge in [0.1, 0.15) is 11.4 Å². The quantitative estimate of drug-likeness (QED) is 0.152. The van der Waals surface area contributed by atoms with Crippen molar-refractivity contribution in [3.05, 3.63) is 324 Å². The van der Waals surface area contributed by atoms with Crippen LogP contribution in [0, 0.1) is 55.4 Å². The number of rotatable bonds is 8. The van der Waals surface area contributed by atoms with Crippen LogP contribution in [0.4, 0.5) is 0 Å². The van der Waals surface area contributed by atoms with Gasteiger partial charge in [-0.1, -0.05) is 173 Å². The molecule has 0 bridgehead atoms. The zero-order chi connectivity index (χ0) is 69.7. The highest BCUT2D eigenvalue weighted by molar-refractivity contribution is 6.19. The van der Waals surface area contributed by atoms with Crippen LogP contribution in [0.15, 0.2) is 279 Å². The highest BCUT2D eigenvalue weighted by atomic mass is 15.2. The molecule has 0 aliphatic heterocycles. The molecule has 13 aromatic carbocycles. The number of nitrogens with zero attached hydrogens (tertiary/aromatic N) is 8. The number of pyridine rings is 2. The van der Waals surface area contributed by atoms with Gasteiger partial charge in [-0.25, -0.2) is 4.98 Å². The van der Waals surface area contributed by atoms with Gasteiger partial charge in [0, 0.05) is 98.5 Å². The van der Waals surface area contributed by atoms with Crippen molar-refractivity contribution in [1.82, 2.24) is 37.4 Å². The molecule has 0 unspecified atom stereocenters. The van der Waals surface area contributed by atoms with Crippen LogP contribution >= 0.6 is 0 Å². The molecule has 8 nitrogen and oxygen atoms in total. The first-order chi connectivity index (χ1) is 50.9. The van der Waals surface area contributed by atoms with E-state index in [0.717, 1.165) is 156 Å². The lowest BCUT2D eigenvalue weighted by Crippen LogP contribution is -2.16. The van der Waals surface area contributed by atoms with Gasteiger partial charge in [0.15, 0.2) is 11.6 Å². The summed E-state index contributed by atoms with van der Waals surface area (Å²) in [6.45, 7) is 17.6. The monoisotopic (exact) mass is 1330 g/mol. The summed E-state index contributed by atoms with van der Waals surface area (Å²) in [5.74, 6) is 1.57. The first kappa shape index (κ1) is 59.8. The Morgan fingerprint density at radius 3 is 0.817 bits per heavy atom. The fourth-order valence-electron chi connectivity index (χ4n) is 17.8. The Balaban J connectivity index is 1.04. The molecule has 8 heterocycles. The predicted molar refractivity (Wildman–Crippen MR) is 437 cm³/mol. The Morgan fingerprint density at radius 2 is 0.481 bits per heavy atom. The second-order valence-electron chi connectivity index (χ2n) is 29.1. The van der Waals surface area contributed by atoms with E-state index >= 15 is 0 Å². The fourth-order valence-corrected chi connectivity index (χ4v) is 17.8. The van der Waals surface area contributed by atoms with E-state index in [4.69, 9.17) is 9.97 Å². The molecule has 0 atom stereocenters. The molecule has 0 radical (unpaired) electrons. The fraction of sp³-hybridized carbons (Fsp3) is 0.0833. The van der Waals surface area contributed by atoms with Crippen LogP contribution in [0.2, 0.25) is 0 Å². The van der Waals surface area contributed by atoms with E-state index in [1.54, 1.807) is 0 Å². The molecule has 0 saturated carbocycles. The maximum absolute atomic E-state index is 6.76. The minimum Gasteiger partial charge on any atom is -0.309 e. The number of benzene rings is 13. The molecule has 0 amide bonds. The molecule has 0 fully saturated rings. The first-order valence-corrected chi connectivity index (χ1v) is 36.1. The molecule has 0 aliphatic carbocycles. The largest absolute Gasteiger partial charge is 0.309 e. The Morgan fingerprint density at radius 1 is 0.202 bits per heavy atom. The van der Waals surface area contributed by atoms with Crippen molar-refractivity contribution in [3.8, 4) is 56.6 Å². The lowest BCUT2D eigenvalue weighted by Gasteiger charge is -2.28. The smallest absolute Gasteiger partial charge is 0.165 e. The van der Waals surface area contributed by atoms with Crippen LogP contribution < -0.4 is 0 Å². The third kappa shape index (κ3) is 8.60. The van der Waals surface area contributed by atoms with Gasteiger partial charge in [0.2, 0.25) is 0 Å². The molecule has 8 aromatic heterocycles. The van der Waals surface area contributed by atoms with Gasteiger partial charge in [-0.3, -0.25) is 14.1 Å². The summed E-state index contributed by atoms with van der Waals surface area (Å²) < 4.78 is 15.1. The summed E-state index contributed by atoms with van der Waals surface area (Å²) in [5, 5.41) is 14.1. The molecule has 104 heavy (non-hydrogen) atoms. The highest BCUT2D eigenvalue weighted by Gasteiger charge is 2.35. The molecular weight excluding hydrogens is 1270 g/mol. The predicted octanol–water partition coefficient (Wildman–Crippen LogP) is 24.9. The normalized spacial score (nSPS) is 12.2. The molecule has 21 aromatic rings. The van der Waals surface area contributed by atoms with Crippen molar-refractivity contribution >= 4 is 131 Å². The van der Waals surface area contributed by atoms with Gasteiger partial charge in [-0.2, -0.15) is 0 Å². The Bertz CT molecular complexity index is 6880. The van der Waals surface area contributed by atoms with Crippen LogP contribution in [-0.4, -0.2) is 37.4 Å².